The number of para-hydroxylation sites is 2. The zero-order chi connectivity index (χ0) is 31.2. The van der Waals surface area contributed by atoms with Gasteiger partial charge in [-0.3, -0.25) is 0 Å². The third-order valence-corrected chi connectivity index (χ3v) is 9.04. The lowest BCUT2D eigenvalue weighted by atomic mass is 9.97. The predicted octanol–water partition coefficient (Wildman–Crippen LogP) is 11.4. The van der Waals surface area contributed by atoms with Crippen LogP contribution in [0.15, 0.2) is 176 Å². The Morgan fingerprint density at radius 3 is 1.53 bits per heavy atom. The zero-order valence-corrected chi connectivity index (χ0v) is 25.6. The molecule has 7 aromatic carbocycles. The smallest absolute Gasteiger partial charge is 0.160 e. The van der Waals surface area contributed by atoms with E-state index in [1.54, 1.807) is 0 Å². The van der Waals surface area contributed by atoms with Crippen LogP contribution < -0.4 is 0 Å². The lowest BCUT2D eigenvalue weighted by molar-refractivity contribution is 1.17. The molecule has 220 valence electrons. The molecule has 0 bridgehead atoms. The summed E-state index contributed by atoms with van der Waals surface area (Å²) < 4.78 is 2.34. The number of hydrogen-bond donors (Lipinski definition) is 0. The van der Waals surface area contributed by atoms with Crippen LogP contribution in [0.2, 0.25) is 0 Å². The van der Waals surface area contributed by atoms with Gasteiger partial charge in [0.25, 0.3) is 0 Å². The highest BCUT2D eigenvalue weighted by Crippen LogP contribution is 2.34. The molecule has 0 amide bonds. The van der Waals surface area contributed by atoms with Crippen molar-refractivity contribution < 1.29 is 0 Å². The van der Waals surface area contributed by atoms with Gasteiger partial charge < -0.3 is 4.57 Å². The van der Waals surface area contributed by atoms with Crippen molar-refractivity contribution in [2.24, 2.45) is 0 Å². The van der Waals surface area contributed by atoms with Gasteiger partial charge in [-0.25, -0.2) is 9.97 Å². The Labute approximate surface area is 273 Å². The Bertz CT molecular complexity index is 2490. The SMILES string of the molecule is c1ccc(-c2nc(-c3ccc(-c4cccc5ccccc45)cc3)cc(-c3ccc(-n4c5ccccc5c5ccccc54)cc3)n2)cc1. The number of hydrogen-bond acceptors (Lipinski definition) is 2. The van der Waals surface area contributed by atoms with Crippen LogP contribution >= 0.6 is 0 Å². The maximum Gasteiger partial charge on any atom is 0.160 e. The van der Waals surface area contributed by atoms with E-state index in [9.17, 15) is 0 Å². The number of aromatic nitrogens is 3. The van der Waals surface area contributed by atoms with Crippen molar-refractivity contribution >= 4 is 32.6 Å². The summed E-state index contributed by atoms with van der Waals surface area (Å²) in [6, 6.07) is 62.0. The first-order valence-electron chi connectivity index (χ1n) is 15.9. The standard InChI is InChI=1S/C44H29N3/c1-2-12-34(13-3-1)44-45-40(32-23-21-31(22-24-32)37-18-10-14-30-11-4-5-15-36(30)37)29-41(46-44)33-25-27-35(28-26-33)47-42-19-8-6-16-38(42)39-17-7-9-20-43(39)47/h1-29H. The number of fused-ring (bicyclic) bond motifs is 4. The number of benzene rings is 7. The molecule has 0 aliphatic carbocycles. The molecule has 0 saturated carbocycles. The summed E-state index contributed by atoms with van der Waals surface area (Å²) in [5, 5.41) is 5.01. The maximum absolute atomic E-state index is 5.07. The second-order valence-corrected chi connectivity index (χ2v) is 11.8. The molecule has 0 N–H and O–H groups in total. The molecule has 9 aromatic rings. The van der Waals surface area contributed by atoms with Gasteiger partial charge in [0.2, 0.25) is 0 Å². The fraction of sp³-hybridized carbons (Fsp3) is 0. The quantitative estimate of drug-likeness (QED) is 0.197. The molecule has 2 aromatic heterocycles. The molecule has 0 unspecified atom stereocenters. The minimum atomic E-state index is 0.711. The summed E-state index contributed by atoms with van der Waals surface area (Å²) in [4.78, 5) is 10.1. The summed E-state index contributed by atoms with van der Waals surface area (Å²) in [5.74, 6) is 0.711. The van der Waals surface area contributed by atoms with E-state index < -0.39 is 0 Å². The molecule has 0 atom stereocenters. The van der Waals surface area contributed by atoms with Gasteiger partial charge in [0, 0.05) is 33.2 Å². The van der Waals surface area contributed by atoms with Crippen LogP contribution in [0.4, 0.5) is 0 Å². The topological polar surface area (TPSA) is 30.7 Å². The molecule has 3 heteroatoms. The van der Waals surface area contributed by atoms with Gasteiger partial charge in [-0.15, -0.1) is 0 Å². The molecule has 0 fully saturated rings. The van der Waals surface area contributed by atoms with E-state index >= 15 is 0 Å². The molecular weight excluding hydrogens is 571 g/mol. The molecule has 47 heavy (non-hydrogen) atoms. The van der Waals surface area contributed by atoms with Crippen LogP contribution in [0.1, 0.15) is 0 Å². The van der Waals surface area contributed by atoms with Gasteiger partial charge in [0.1, 0.15) is 0 Å². The summed E-state index contributed by atoms with van der Waals surface area (Å²) >= 11 is 0. The van der Waals surface area contributed by atoms with Crippen molar-refractivity contribution in [3.63, 3.8) is 0 Å². The van der Waals surface area contributed by atoms with Crippen LogP contribution in [-0.4, -0.2) is 14.5 Å². The van der Waals surface area contributed by atoms with E-state index in [0.29, 0.717) is 5.82 Å². The molecule has 0 aliphatic rings. The monoisotopic (exact) mass is 599 g/mol. The Morgan fingerprint density at radius 2 is 0.872 bits per heavy atom. The Hall–Kier alpha value is -6.32. The second-order valence-electron chi connectivity index (χ2n) is 11.8. The van der Waals surface area contributed by atoms with Crippen molar-refractivity contribution in [3.05, 3.63) is 176 Å². The fourth-order valence-electron chi connectivity index (χ4n) is 6.74. The average molecular weight is 600 g/mol. The molecule has 3 nitrogen and oxygen atoms in total. The normalized spacial score (nSPS) is 11.4. The molecule has 0 radical (unpaired) electrons. The Kier molecular flexibility index (Phi) is 6.46. The minimum Gasteiger partial charge on any atom is -0.309 e. The number of rotatable bonds is 5. The van der Waals surface area contributed by atoms with Gasteiger partial charge in [-0.1, -0.05) is 146 Å². The predicted molar refractivity (Wildman–Crippen MR) is 196 cm³/mol. The second kappa shape index (κ2) is 11.2. The van der Waals surface area contributed by atoms with E-state index in [1.807, 2.05) is 18.2 Å². The van der Waals surface area contributed by atoms with Crippen molar-refractivity contribution in [2.45, 2.75) is 0 Å². The van der Waals surface area contributed by atoms with Gasteiger partial charge in [0.05, 0.1) is 22.4 Å². The molecule has 9 rings (SSSR count). The van der Waals surface area contributed by atoms with Crippen molar-refractivity contribution in [3.8, 4) is 50.7 Å². The lowest BCUT2D eigenvalue weighted by Crippen LogP contribution is -1.97. The van der Waals surface area contributed by atoms with Gasteiger partial charge >= 0.3 is 0 Å². The Balaban J connectivity index is 1.13. The third-order valence-electron chi connectivity index (χ3n) is 9.04. The van der Waals surface area contributed by atoms with E-state index in [0.717, 1.165) is 33.8 Å². The van der Waals surface area contributed by atoms with E-state index in [-0.39, 0.29) is 0 Å². The molecule has 0 spiro atoms. The molecular formula is C44H29N3. The van der Waals surface area contributed by atoms with Crippen molar-refractivity contribution in [2.75, 3.05) is 0 Å². The largest absolute Gasteiger partial charge is 0.309 e. The van der Waals surface area contributed by atoms with Gasteiger partial charge in [-0.2, -0.15) is 0 Å². The minimum absolute atomic E-state index is 0.711. The van der Waals surface area contributed by atoms with Gasteiger partial charge in [-0.05, 0) is 52.2 Å². The van der Waals surface area contributed by atoms with E-state index in [4.69, 9.17) is 9.97 Å². The summed E-state index contributed by atoms with van der Waals surface area (Å²) in [6.45, 7) is 0. The first kappa shape index (κ1) is 27.0. The number of nitrogens with zero attached hydrogens (tertiary/aromatic N) is 3. The van der Waals surface area contributed by atoms with Crippen LogP contribution in [0, 0.1) is 0 Å². The molecule has 0 saturated heterocycles. The van der Waals surface area contributed by atoms with Crippen molar-refractivity contribution in [1.29, 1.82) is 0 Å². The van der Waals surface area contributed by atoms with Crippen LogP contribution in [-0.2, 0) is 0 Å². The molecule has 0 aliphatic heterocycles. The maximum atomic E-state index is 5.07. The first-order chi connectivity index (χ1) is 23.3. The van der Waals surface area contributed by atoms with E-state index in [2.05, 4.69) is 162 Å². The zero-order valence-electron chi connectivity index (χ0n) is 25.6. The van der Waals surface area contributed by atoms with Gasteiger partial charge in [0.15, 0.2) is 5.82 Å². The highest BCUT2D eigenvalue weighted by molar-refractivity contribution is 6.09. The average Bonchev–Trinajstić information content (AvgIpc) is 3.49. The fourth-order valence-corrected chi connectivity index (χ4v) is 6.74. The van der Waals surface area contributed by atoms with Crippen molar-refractivity contribution in [1.82, 2.24) is 14.5 Å². The lowest BCUT2D eigenvalue weighted by Gasteiger charge is -2.12. The van der Waals surface area contributed by atoms with Crippen LogP contribution in [0.3, 0.4) is 0 Å². The van der Waals surface area contributed by atoms with E-state index in [1.165, 1.54) is 43.7 Å². The molecule has 2 heterocycles. The highest BCUT2D eigenvalue weighted by atomic mass is 15.0. The first-order valence-corrected chi connectivity index (χ1v) is 15.9. The third kappa shape index (κ3) is 4.77. The summed E-state index contributed by atoms with van der Waals surface area (Å²) in [7, 11) is 0. The Morgan fingerprint density at radius 1 is 0.362 bits per heavy atom. The highest BCUT2D eigenvalue weighted by Gasteiger charge is 2.14. The van der Waals surface area contributed by atoms with Crippen LogP contribution in [0.25, 0.3) is 83.3 Å². The summed E-state index contributed by atoms with van der Waals surface area (Å²) in [5.41, 5.74) is 10.8. The van der Waals surface area contributed by atoms with Crippen LogP contribution in [0.5, 0.6) is 0 Å². The summed E-state index contributed by atoms with van der Waals surface area (Å²) in [6.07, 6.45) is 0.